The van der Waals surface area contributed by atoms with Gasteiger partial charge in [-0.25, -0.2) is 0 Å². The predicted octanol–water partition coefficient (Wildman–Crippen LogP) is 1.36. The van der Waals surface area contributed by atoms with Gasteiger partial charge in [-0.3, -0.25) is 9.59 Å². The number of benzene rings is 1. The molecular weight excluding hydrogens is 289 g/mol. The lowest BCUT2D eigenvalue weighted by Crippen LogP contribution is -2.51. The molecule has 7 heteroatoms. The summed E-state index contributed by atoms with van der Waals surface area (Å²) in [5, 5.41) is 6.40. The minimum Gasteiger partial charge on any atom is -0.375 e. The number of carbonyl (C=O) groups excluding carboxylic acids is 2. The quantitative estimate of drug-likeness (QED) is 0.886. The number of nitrogens with one attached hydrogen (secondary N) is 2. The van der Waals surface area contributed by atoms with Crippen molar-refractivity contribution in [2.24, 2.45) is 0 Å². The predicted molar refractivity (Wildman–Crippen MR) is 74.5 cm³/mol. The van der Waals surface area contributed by atoms with Crippen LogP contribution in [0.15, 0.2) is 18.2 Å². The third-order valence-corrected chi connectivity index (χ3v) is 3.59. The van der Waals surface area contributed by atoms with E-state index in [1.807, 2.05) is 0 Å². The summed E-state index contributed by atoms with van der Waals surface area (Å²) in [6.07, 6.45) is 0. The van der Waals surface area contributed by atoms with E-state index in [2.05, 4.69) is 10.6 Å². The van der Waals surface area contributed by atoms with Crippen molar-refractivity contribution in [3.05, 3.63) is 28.2 Å². The van der Waals surface area contributed by atoms with Crippen LogP contribution in [0, 0.1) is 0 Å². The zero-order valence-electron chi connectivity index (χ0n) is 10.1. The number of hydrogen-bond acceptors (Lipinski definition) is 3. The molecule has 0 unspecified atom stereocenters. The number of halogens is 2. The Morgan fingerprint density at radius 2 is 2.21 bits per heavy atom. The normalized spacial score (nSPS) is 15.1. The van der Waals surface area contributed by atoms with Gasteiger partial charge in [0.25, 0.3) is 0 Å². The fraction of sp³-hybridized carbons (Fsp3) is 0.333. The van der Waals surface area contributed by atoms with Crippen LogP contribution in [0.3, 0.4) is 0 Å². The van der Waals surface area contributed by atoms with Crippen LogP contribution in [-0.4, -0.2) is 42.9 Å². The van der Waals surface area contributed by atoms with E-state index >= 15 is 0 Å². The van der Waals surface area contributed by atoms with E-state index in [9.17, 15) is 9.59 Å². The molecule has 0 radical (unpaired) electrons. The Morgan fingerprint density at radius 3 is 2.95 bits per heavy atom. The molecule has 0 spiro atoms. The van der Waals surface area contributed by atoms with Crippen LogP contribution >= 0.6 is 23.2 Å². The van der Waals surface area contributed by atoms with Crippen LogP contribution in [0.4, 0.5) is 5.69 Å². The molecule has 1 heterocycles. The summed E-state index contributed by atoms with van der Waals surface area (Å²) in [5.74, 6) is -0.286. The number of rotatable bonds is 3. The molecule has 2 N–H and O–H groups in total. The van der Waals surface area contributed by atoms with Crippen LogP contribution in [0.1, 0.15) is 0 Å². The van der Waals surface area contributed by atoms with E-state index < -0.39 is 0 Å². The number of carbonyl (C=O) groups is 2. The smallest absolute Gasteiger partial charge is 0.242 e. The molecule has 1 aromatic carbocycles. The lowest BCUT2D eigenvalue weighted by molar-refractivity contribution is -0.136. The second-order valence-electron chi connectivity index (χ2n) is 4.12. The number of anilines is 1. The first-order chi connectivity index (χ1) is 9.08. The van der Waals surface area contributed by atoms with Gasteiger partial charge in [-0.1, -0.05) is 29.3 Å². The van der Waals surface area contributed by atoms with Crippen LogP contribution in [0.5, 0.6) is 0 Å². The Kier molecular flexibility index (Phi) is 4.50. The van der Waals surface area contributed by atoms with Crippen molar-refractivity contribution in [3.8, 4) is 0 Å². The lowest BCUT2D eigenvalue weighted by Gasteiger charge is -2.26. The Bertz CT molecular complexity index is 508. The first kappa shape index (κ1) is 14.0. The molecule has 102 valence electrons. The van der Waals surface area contributed by atoms with Gasteiger partial charge in [0.2, 0.25) is 11.8 Å². The highest BCUT2D eigenvalue weighted by Gasteiger charge is 2.20. The molecule has 1 saturated heterocycles. The van der Waals surface area contributed by atoms with Gasteiger partial charge >= 0.3 is 0 Å². The molecular formula is C12H13Cl2N3O2. The van der Waals surface area contributed by atoms with E-state index in [1.165, 1.54) is 4.90 Å². The average Bonchev–Trinajstić information content (AvgIpc) is 2.40. The van der Waals surface area contributed by atoms with Gasteiger partial charge in [0.05, 0.1) is 28.8 Å². The van der Waals surface area contributed by atoms with Gasteiger partial charge in [-0.2, -0.15) is 0 Å². The molecule has 2 amide bonds. The van der Waals surface area contributed by atoms with E-state index in [-0.39, 0.29) is 24.9 Å². The molecule has 1 aliphatic rings. The second-order valence-corrected chi connectivity index (χ2v) is 4.91. The Morgan fingerprint density at radius 1 is 1.42 bits per heavy atom. The van der Waals surface area contributed by atoms with Crippen LogP contribution in [0.2, 0.25) is 10.0 Å². The first-order valence-corrected chi connectivity index (χ1v) is 6.56. The largest absolute Gasteiger partial charge is 0.375 e. The highest BCUT2D eigenvalue weighted by atomic mass is 35.5. The molecule has 19 heavy (non-hydrogen) atoms. The summed E-state index contributed by atoms with van der Waals surface area (Å²) in [4.78, 5) is 24.6. The number of nitrogens with zero attached hydrogens (tertiary/aromatic N) is 1. The minimum atomic E-state index is -0.147. The molecule has 5 nitrogen and oxygen atoms in total. The molecule has 0 atom stereocenters. The first-order valence-electron chi connectivity index (χ1n) is 5.80. The van der Waals surface area contributed by atoms with Crippen LogP contribution < -0.4 is 10.6 Å². The SMILES string of the molecule is O=C1CN(C(=O)CNc2cccc(Cl)c2Cl)CCN1. The molecule has 1 aliphatic heterocycles. The monoisotopic (exact) mass is 301 g/mol. The summed E-state index contributed by atoms with van der Waals surface area (Å²) in [6.45, 7) is 1.19. The fourth-order valence-corrected chi connectivity index (χ4v) is 2.14. The van der Waals surface area contributed by atoms with Crippen molar-refractivity contribution < 1.29 is 9.59 Å². The number of hydrogen-bond donors (Lipinski definition) is 2. The van der Waals surface area contributed by atoms with Gasteiger partial charge in [-0.15, -0.1) is 0 Å². The van der Waals surface area contributed by atoms with Crippen molar-refractivity contribution in [2.45, 2.75) is 0 Å². The summed E-state index contributed by atoms with van der Waals surface area (Å²) in [5.41, 5.74) is 0.601. The van der Waals surface area contributed by atoms with Crippen molar-refractivity contribution in [1.82, 2.24) is 10.2 Å². The maximum absolute atomic E-state index is 11.9. The summed E-state index contributed by atoms with van der Waals surface area (Å²) < 4.78 is 0. The number of piperazine rings is 1. The maximum atomic E-state index is 11.9. The zero-order chi connectivity index (χ0) is 13.8. The average molecular weight is 302 g/mol. The molecule has 0 bridgehead atoms. The molecule has 0 saturated carbocycles. The minimum absolute atomic E-state index is 0.0767. The summed E-state index contributed by atoms with van der Waals surface area (Å²) in [7, 11) is 0. The molecule has 0 aromatic heterocycles. The Hall–Kier alpha value is -1.46. The Balaban J connectivity index is 1.93. The van der Waals surface area contributed by atoms with E-state index in [0.717, 1.165) is 0 Å². The number of amides is 2. The fourth-order valence-electron chi connectivity index (χ4n) is 1.77. The molecule has 1 aromatic rings. The second kappa shape index (κ2) is 6.12. The summed E-state index contributed by atoms with van der Waals surface area (Å²) in [6, 6.07) is 5.16. The van der Waals surface area contributed by atoms with E-state index in [4.69, 9.17) is 23.2 Å². The third kappa shape index (κ3) is 3.52. The van der Waals surface area contributed by atoms with Crippen molar-refractivity contribution in [1.29, 1.82) is 0 Å². The molecule has 2 rings (SSSR count). The van der Waals surface area contributed by atoms with Gasteiger partial charge in [-0.05, 0) is 12.1 Å². The van der Waals surface area contributed by atoms with Crippen LogP contribution in [0.25, 0.3) is 0 Å². The molecule has 1 fully saturated rings. The van der Waals surface area contributed by atoms with Crippen molar-refractivity contribution in [3.63, 3.8) is 0 Å². The van der Waals surface area contributed by atoms with Gasteiger partial charge in [0.15, 0.2) is 0 Å². The highest BCUT2D eigenvalue weighted by Crippen LogP contribution is 2.29. The van der Waals surface area contributed by atoms with E-state index in [1.54, 1.807) is 18.2 Å². The maximum Gasteiger partial charge on any atom is 0.242 e. The third-order valence-electron chi connectivity index (χ3n) is 2.77. The van der Waals surface area contributed by atoms with E-state index in [0.29, 0.717) is 28.8 Å². The van der Waals surface area contributed by atoms with Gasteiger partial charge in [0.1, 0.15) is 0 Å². The van der Waals surface area contributed by atoms with Crippen molar-refractivity contribution >= 4 is 40.7 Å². The lowest BCUT2D eigenvalue weighted by atomic mass is 10.3. The Labute approximate surface area is 120 Å². The summed E-state index contributed by atoms with van der Waals surface area (Å²) >= 11 is 11.9. The van der Waals surface area contributed by atoms with Crippen LogP contribution in [-0.2, 0) is 9.59 Å². The van der Waals surface area contributed by atoms with Gasteiger partial charge < -0.3 is 15.5 Å². The topological polar surface area (TPSA) is 61.4 Å². The zero-order valence-corrected chi connectivity index (χ0v) is 11.6. The van der Waals surface area contributed by atoms with Gasteiger partial charge in [0, 0.05) is 13.1 Å². The molecule has 0 aliphatic carbocycles. The van der Waals surface area contributed by atoms with Crippen molar-refractivity contribution in [2.75, 3.05) is 31.5 Å². The standard InChI is InChI=1S/C12H13Cl2N3O2/c13-8-2-1-3-9(12(8)14)16-6-11(19)17-5-4-15-10(18)7-17/h1-3,16H,4-7H2,(H,15,18). The highest BCUT2D eigenvalue weighted by molar-refractivity contribution is 6.43.